The summed E-state index contributed by atoms with van der Waals surface area (Å²) in [5.41, 5.74) is 0.629. The van der Waals surface area contributed by atoms with Gasteiger partial charge in [0.05, 0.1) is 19.5 Å². The van der Waals surface area contributed by atoms with E-state index in [1.54, 1.807) is 6.07 Å². The van der Waals surface area contributed by atoms with Gasteiger partial charge in [0.2, 0.25) is 0 Å². The highest BCUT2D eigenvalue weighted by atomic mass is 19.1. The van der Waals surface area contributed by atoms with E-state index in [1.807, 2.05) is 0 Å². The third-order valence-corrected chi connectivity index (χ3v) is 2.38. The van der Waals surface area contributed by atoms with Gasteiger partial charge in [0.1, 0.15) is 17.7 Å². The molecule has 1 atom stereocenters. The Hall–Kier alpha value is -2.01. The zero-order valence-corrected chi connectivity index (χ0v) is 9.17. The molecule has 0 aliphatic rings. The van der Waals surface area contributed by atoms with Gasteiger partial charge in [-0.05, 0) is 12.1 Å². The van der Waals surface area contributed by atoms with Crippen molar-refractivity contribution in [2.45, 2.75) is 6.10 Å². The fraction of sp³-hybridized carbons (Fsp3) is 0.167. The topological polar surface area (TPSA) is 55.2 Å². The van der Waals surface area contributed by atoms with Crippen molar-refractivity contribution in [3.63, 3.8) is 0 Å². The van der Waals surface area contributed by atoms with Gasteiger partial charge in [-0.1, -0.05) is 0 Å². The molecule has 2 aromatic heterocycles. The molecule has 2 rings (SSSR count). The van der Waals surface area contributed by atoms with Gasteiger partial charge < -0.3 is 9.84 Å². The Labute approximate surface area is 97.7 Å². The van der Waals surface area contributed by atoms with Crippen molar-refractivity contribution in [1.29, 1.82) is 0 Å². The first-order valence-electron chi connectivity index (χ1n) is 4.99. The quantitative estimate of drug-likeness (QED) is 0.878. The predicted octanol–water partition coefficient (Wildman–Crippen LogP) is 1.71. The molecule has 0 aliphatic heterocycles. The number of pyridine rings is 2. The average molecular weight is 234 g/mol. The number of ether oxygens (including phenoxy) is 1. The number of aromatic nitrogens is 2. The normalized spacial score (nSPS) is 12.2. The van der Waals surface area contributed by atoms with E-state index in [1.165, 1.54) is 31.8 Å². The van der Waals surface area contributed by atoms with Gasteiger partial charge in [-0.2, -0.15) is 0 Å². The molecular formula is C12H11FN2O2. The van der Waals surface area contributed by atoms with Crippen LogP contribution in [0.4, 0.5) is 4.39 Å². The fourth-order valence-electron chi connectivity index (χ4n) is 1.48. The van der Waals surface area contributed by atoms with Gasteiger partial charge in [-0.15, -0.1) is 0 Å². The molecule has 1 unspecified atom stereocenters. The van der Waals surface area contributed by atoms with Crippen LogP contribution in [-0.4, -0.2) is 22.2 Å². The highest BCUT2D eigenvalue weighted by molar-refractivity contribution is 5.32. The second kappa shape index (κ2) is 4.88. The van der Waals surface area contributed by atoms with Crippen LogP contribution in [0.2, 0.25) is 0 Å². The number of aliphatic hydroxyl groups is 1. The van der Waals surface area contributed by atoms with E-state index < -0.39 is 11.9 Å². The standard InChI is InChI=1S/C12H11FN2O2/c1-17-9-4-8(5-15-6-9)12(16)10-2-3-14-7-11(10)13/h2-7,12,16H,1H3. The zero-order chi connectivity index (χ0) is 12.3. The van der Waals surface area contributed by atoms with E-state index in [0.29, 0.717) is 11.3 Å². The van der Waals surface area contributed by atoms with Crippen LogP contribution in [0.1, 0.15) is 17.2 Å². The van der Waals surface area contributed by atoms with Gasteiger partial charge in [0.15, 0.2) is 0 Å². The van der Waals surface area contributed by atoms with E-state index in [0.717, 1.165) is 6.20 Å². The number of nitrogens with zero attached hydrogens (tertiary/aromatic N) is 2. The molecule has 5 heteroatoms. The lowest BCUT2D eigenvalue weighted by Gasteiger charge is -2.12. The summed E-state index contributed by atoms with van der Waals surface area (Å²) in [7, 11) is 1.50. The second-order valence-electron chi connectivity index (χ2n) is 3.46. The zero-order valence-electron chi connectivity index (χ0n) is 9.17. The molecular weight excluding hydrogens is 223 g/mol. The molecule has 0 aliphatic carbocycles. The number of halogens is 1. The first-order valence-corrected chi connectivity index (χ1v) is 4.99. The lowest BCUT2D eigenvalue weighted by Crippen LogP contribution is -2.03. The van der Waals surface area contributed by atoms with Crippen molar-refractivity contribution < 1.29 is 14.2 Å². The lowest BCUT2D eigenvalue weighted by molar-refractivity contribution is 0.213. The molecule has 0 fully saturated rings. The molecule has 17 heavy (non-hydrogen) atoms. The van der Waals surface area contributed by atoms with E-state index in [9.17, 15) is 9.50 Å². The van der Waals surface area contributed by atoms with E-state index in [4.69, 9.17) is 4.74 Å². The predicted molar refractivity (Wildman–Crippen MR) is 59.0 cm³/mol. The number of hydrogen-bond acceptors (Lipinski definition) is 4. The summed E-state index contributed by atoms with van der Waals surface area (Å²) in [6, 6.07) is 3.04. The second-order valence-corrected chi connectivity index (χ2v) is 3.46. The minimum atomic E-state index is -1.08. The fourth-order valence-corrected chi connectivity index (χ4v) is 1.48. The van der Waals surface area contributed by atoms with Gasteiger partial charge in [-0.3, -0.25) is 9.97 Å². The van der Waals surface area contributed by atoms with Gasteiger partial charge in [0, 0.05) is 23.5 Å². The molecule has 0 amide bonds. The summed E-state index contributed by atoms with van der Waals surface area (Å²) < 4.78 is 18.4. The SMILES string of the molecule is COc1cncc(C(O)c2ccncc2F)c1. The first kappa shape index (κ1) is 11.5. The molecule has 1 N–H and O–H groups in total. The Morgan fingerprint density at radius 1 is 1.29 bits per heavy atom. The van der Waals surface area contributed by atoms with Crippen molar-refractivity contribution in [2.24, 2.45) is 0 Å². The van der Waals surface area contributed by atoms with Crippen LogP contribution >= 0.6 is 0 Å². The largest absolute Gasteiger partial charge is 0.495 e. The van der Waals surface area contributed by atoms with Crippen LogP contribution < -0.4 is 4.74 Å². The molecule has 0 radical (unpaired) electrons. The third-order valence-electron chi connectivity index (χ3n) is 2.38. The maximum Gasteiger partial charge on any atom is 0.147 e. The molecule has 2 aromatic rings. The van der Waals surface area contributed by atoms with Crippen LogP contribution in [0, 0.1) is 5.82 Å². The van der Waals surface area contributed by atoms with Crippen LogP contribution in [0.5, 0.6) is 5.75 Å². The molecule has 88 valence electrons. The van der Waals surface area contributed by atoms with Crippen molar-refractivity contribution in [3.8, 4) is 5.75 Å². The summed E-state index contributed by atoms with van der Waals surface area (Å²) in [6.07, 6.45) is 4.38. The van der Waals surface area contributed by atoms with E-state index in [-0.39, 0.29) is 5.56 Å². The molecule has 0 bridgehead atoms. The highest BCUT2D eigenvalue weighted by Crippen LogP contribution is 2.25. The maximum absolute atomic E-state index is 13.4. The molecule has 0 spiro atoms. The Morgan fingerprint density at radius 2 is 2.12 bits per heavy atom. The molecule has 2 heterocycles. The van der Waals surface area contributed by atoms with Crippen LogP contribution in [0.25, 0.3) is 0 Å². The minimum Gasteiger partial charge on any atom is -0.495 e. The first-order chi connectivity index (χ1) is 8.22. The Morgan fingerprint density at radius 3 is 2.82 bits per heavy atom. The van der Waals surface area contributed by atoms with Gasteiger partial charge in [-0.25, -0.2) is 4.39 Å². The maximum atomic E-state index is 13.4. The summed E-state index contributed by atoms with van der Waals surface area (Å²) in [5.74, 6) is -0.0427. The lowest BCUT2D eigenvalue weighted by atomic mass is 10.0. The van der Waals surface area contributed by atoms with Crippen molar-refractivity contribution >= 4 is 0 Å². The highest BCUT2D eigenvalue weighted by Gasteiger charge is 2.15. The molecule has 0 saturated carbocycles. The van der Waals surface area contributed by atoms with E-state index in [2.05, 4.69) is 9.97 Å². The van der Waals surface area contributed by atoms with Crippen LogP contribution in [0.3, 0.4) is 0 Å². The molecule has 0 saturated heterocycles. The Kier molecular flexibility index (Phi) is 3.30. The van der Waals surface area contributed by atoms with Gasteiger partial charge >= 0.3 is 0 Å². The average Bonchev–Trinajstić information content (AvgIpc) is 2.38. The smallest absolute Gasteiger partial charge is 0.147 e. The van der Waals surface area contributed by atoms with Crippen LogP contribution in [0.15, 0.2) is 36.9 Å². The van der Waals surface area contributed by atoms with Gasteiger partial charge in [0.25, 0.3) is 0 Å². The molecule has 4 nitrogen and oxygen atoms in total. The monoisotopic (exact) mass is 234 g/mol. The van der Waals surface area contributed by atoms with Crippen molar-refractivity contribution in [3.05, 3.63) is 53.9 Å². The summed E-state index contributed by atoms with van der Waals surface area (Å²) in [5, 5.41) is 10.0. The Bertz CT molecular complexity index is 519. The summed E-state index contributed by atoms with van der Waals surface area (Å²) in [6.45, 7) is 0. The Balaban J connectivity index is 2.37. The minimum absolute atomic E-state index is 0.162. The number of methoxy groups -OCH3 is 1. The number of rotatable bonds is 3. The molecule has 0 aromatic carbocycles. The summed E-state index contributed by atoms with van der Waals surface area (Å²) >= 11 is 0. The number of aliphatic hydroxyl groups excluding tert-OH is 1. The van der Waals surface area contributed by atoms with Crippen molar-refractivity contribution in [2.75, 3.05) is 7.11 Å². The van der Waals surface area contributed by atoms with E-state index >= 15 is 0 Å². The van der Waals surface area contributed by atoms with Crippen molar-refractivity contribution in [1.82, 2.24) is 9.97 Å². The summed E-state index contributed by atoms with van der Waals surface area (Å²) in [4.78, 5) is 7.54. The third kappa shape index (κ3) is 2.39. The number of hydrogen-bond donors (Lipinski definition) is 1. The van der Waals surface area contributed by atoms with Crippen LogP contribution in [-0.2, 0) is 0 Å².